The molecule has 0 radical (unpaired) electrons. The number of benzene rings is 1. The molecular weight excluding hydrogens is 315 g/mol. The van der Waals surface area contributed by atoms with Crippen LogP contribution in [0, 0.1) is 0 Å². The Labute approximate surface area is 139 Å². The summed E-state index contributed by atoms with van der Waals surface area (Å²) in [5.41, 5.74) is 4.24. The Morgan fingerprint density at radius 1 is 1.21 bits per heavy atom. The molecule has 0 bridgehead atoms. The maximum absolute atomic E-state index is 12.7. The summed E-state index contributed by atoms with van der Waals surface area (Å²) in [6.45, 7) is 0. The van der Waals surface area contributed by atoms with E-state index in [1.54, 1.807) is 6.07 Å². The van der Waals surface area contributed by atoms with Gasteiger partial charge in [0.15, 0.2) is 6.10 Å². The summed E-state index contributed by atoms with van der Waals surface area (Å²) in [6.07, 6.45) is 4.59. The van der Waals surface area contributed by atoms with E-state index in [-0.39, 0.29) is 5.56 Å². The monoisotopic (exact) mass is 335 g/mol. The Morgan fingerprint density at radius 3 is 2.71 bits per heavy atom. The van der Waals surface area contributed by atoms with Crippen molar-refractivity contribution in [1.29, 1.82) is 0 Å². The molecule has 1 N–H and O–H groups in total. The van der Waals surface area contributed by atoms with E-state index in [1.165, 1.54) is 23.3 Å². The second-order valence-corrected chi connectivity index (χ2v) is 6.42. The number of rotatable bonds is 3. The van der Waals surface area contributed by atoms with Crippen LogP contribution in [0.5, 0.6) is 0 Å². The molecule has 3 rings (SSSR count). The number of nitrogens with zero attached hydrogens (tertiary/aromatic N) is 1. The first-order valence-corrected chi connectivity index (χ1v) is 7.98. The van der Waals surface area contributed by atoms with Crippen LogP contribution in [-0.2, 0) is 6.42 Å². The normalized spacial score (nSPS) is 18.8. The Morgan fingerprint density at radius 2 is 2.00 bits per heavy atom. The van der Waals surface area contributed by atoms with E-state index in [9.17, 15) is 18.3 Å². The zero-order valence-electron chi connectivity index (χ0n) is 13.5. The number of hydrogen-bond donors (Lipinski definition) is 1. The van der Waals surface area contributed by atoms with Crippen molar-refractivity contribution >= 4 is 6.08 Å². The molecule has 1 unspecified atom stereocenters. The summed E-state index contributed by atoms with van der Waals surface area (Å²) < 4.78 is 38.1. The van der Waals surface area contributed by atoms with Crippen LogP contribution in [0.25, 0.3) is 6.08 Å². The van der Waals surface area contributed by atoms with Crippen LogP contribution >= 0.6 is 0 Å². The average Bonchev–Trinajstić information content (AvgIpc) is 2.52. The van der Waals surface area contributed by atoms with Crippen LogP contribution in [0.15, 0.2) is 47.8 Å². The second kappa shape index (κ2) is 6.48. The number of alkyl halides is 3. The summed E-state index contributed by atoms with van der Waals surface area (Å²) in [4.78, 5) is 2.01. The lowest BCUT2D eigenvalue weighted by Crippen LogP contribution is -2.20. The minimum absolute atomic E-state index is 0.0988. The van der Waals surface area contributed by atoms with E-state index in [4.69, 9.17) is 0 Å². The molecule has 2 nitrogen and oxygen atoms in total. The van der Waals surface area contributed by atoms with Crippen molar-refractivity contribution in [3.63, 3.8) is 0 Å². The van der Waals surface area contributed by atoms with Crippen LogP contribution in [0.4, 0.5) is 13.2 Å². The van der Waals surface area contributed by atoms with Crippen molar-refractivity contribution in [2.45, 2.75) is 38.0 Å². The van der Waals surface area contributed by atoms with E-state index in [0.717, 1.165) is 36.8 Å². The average molecular weight is 335 g/mol. The molecule has 5 heteroatoms. The van der Waals surface area contributed by atoms with Gasteiger partial charge in [0.25, 0.3) is 0 Å². The van der Waals surface area contributed by atoms with Gasteiger partial charge in [-0.1, -0.05) is 29.9 Å². The molecule has 1 atom stereocenters. The molecule has 0 fully saturated rings. The zero-order valence-corrected chi connectivity index (χ0v) is 13.5. The van der Waals surface area contributed by atoms with E-state index in [1.807, 2.05) is 24.2 Å². The van der Waals surface area contributed by atoms with Crippen LogP contribution in [0.2, 0.25) is 0 Å². The Hall–Kier alpha value is -2.01. The molecule has 1 heterocycles. The third kappa shape index (κ3) is 3.73. The fourth-order valence-electron chi connectivity index (χ4n) is 3.22. The standard InChI is InChI=1S/C19H20F3NO/c1-23-8-2-3-14(12-23)9-13-4-5-15-6-7-16(11-17(15)10-13)18(24)19(20,21)22/h2,6-8,10-12,18,24H,3-5,9H2,1H3. The van der Waals surface area contributed by atoms with Gasteiger partial charge in [-0.05, 0) is 60.2 Å². The lowest BCUT2D eigenvalue weighted by molar-refractivity contribution is -0.206. The highest BCUT2D eigenvalue weighted by molar-refractivity contribution is 5.61. The van der Waals surface area contributed by atoms with Gasteiger partial charge in [-0.3, -0.25) is 0 Å². The van der Waals surface area contributed by atoms with E-state index in [0.29, 0.717) is 0 Å². The van der Waals surface area contributed by atoms with Gasteiger partial charge in [0, 0.05) is 13.2 Å². The minimum atomic E-state index is -4.64. The Bertz CT molecular complexity index is 716. The molecule has 0 saturated heterocycles. The van der Waals surface area contributed by atoms with Crippen LogP contribution < -0.4 is 0 Å². The fourth-order valence-corrected chi connectivity index (χ4v) is 3.22. The third-order valence-electron chi connectivity index (χ3n) is 4.43. The molecule has 0 amide bonds. The number of halogens is 3. The molecule has 2 aliphatic rings. The van der Waals surface area contributed by atoms with Gasteiger partial charge in [0.05, 0.1) is 0 Å². The molecular formula is C19H20F3NO. The first kappa shape index (κ1) is 16.8. The van der Waals surface area contributed by atoms with E-state index < -0.39 is 12.3 Å². The predicted molar refractivity (Wildman–Crippen MR) is 88.0 cm³/mol. The lowest BCUT2D eigenvalue weighted by Gasteiger charge is -2.22. The smallest absolute Gasteiger partial charge is 0.379 e. The summed E-state index contributed by atoms with van der Waals surface area (Å²) in [6, 6.07) is 4.54. The number of aryl methyl sites for hydroxylation is 1. The molecule has 24 heavy (non-hydrogen) atoms. The van der Waals surface area contributed by atoms with Gasteiger partial charge in [0.2, 0.25) is 0 Å². The highest BCUT2D eigenvalue weighted by atomic mass is 19.4. The van der Waals surface area contributed by atoms with Crippen molar-refractivity contribution in [3.8, 4) is 0 Å². The maximum Gasteiger partial charge on any atom is 0.418 e. The van der Waals surface area contributed by atoms with Gasteiger partial charge in [0.1, 0.15) is 0 Å². The molecule has 1 aliphatic heterocycles. The molecule has 128 valence electrons. The molecule has 1 aromatic carbocycles. The quantitative estimate of drug-likeness (QED) is 0.863. The molecule has 0 spiro atoms. The number of allylic oxidation sites excluding steroid dienone is 3. The number of aliphatic hydroxyl groups excluding tert-OH is 1. The lowest BCUT2D eigenvalue weighted by atomic mass is 9.87. The third-order valence-corrected chi connectivity index (χ3v) is 4.43. The van der Waals surface area contributed by atoms with Crippen molar-refractivity contribution in [1.82, 2.24) is 4.90 Å². The van der Waals surface area contributed by atoms with E-state index >= 15 is 0 Å². The van der Waals surface area contributed by atoms with Gasteiger partial charge < -0.3 is 10.0 Å². The number of hydrogen-bond acceptors (Lipinski definition) is 2. The molecule has 1 aromatic rings. The van der Waals surface area contributed by atoms with Crippen molar-refractivity contribution in [2.24, 2.45) is 0 Å². The van der Waals surface area contributed by atoms with Crippen molar-refractivity contribution in [3.05, 3.63) is 64.5 Å². The van der Waals surface area contributed by atoms with Crippen molar-refractivity contribution < 1.29 is 18.3 Å². The Balaban J connectivity index is 1.82. The van der Waals surface area contributed by atoms with Crippen LogP contribution in [0.3, 0.4) is 0 Å². The first-order valence-electron chi connectivity index (χ1n) is 7.98. The van der Waals surface area contributed by atoms with Gasteiger partial charge in [-0.15, -0.1) is 0 Å². The summed E-state index contributed by atoms with van der Waals surface area (Å²) >= 11 is 0. The zero-order chi connectivity index (χ0) is 17.3. The highest BCUT2D eigenvalue weighted by Gasteiger charge is 2.39. The highest BCUT2D eigenvalue weighted by Crippen LogP contribution is 2.35. The van der Waals surface area contributed by atoms with Crippen molar-refractivity contribution in [2.75, 3.05) is 7.05 Å². The van der Waals surface area contributed by atoms with E-state index in [2.05, 4.69) is 12.3 Å². The van der Waals surface area contributed by atoms with Crippen LogP contribution in [-0.4, -0.2) is 23.2 Å². The van der Waals surface area contributed by atoms with Gasteiger partial charge in [-0.2, -0.15) is 13.2 Å². The van der Waals surface area contributed by atoms with Gasteiger partial charge >= 0.3 is 6.18 Å². The topological polar surface area (TPSA) is 23.5 Å². The van der Waals surface area contributed by atoms with Crippen LogP contribution in [0.1, 0.15) is 42.1 Å². The van der Waals surface area contributed by atoms with Gasteiger partial charge in [-0.25, -0.2) is 0 Å². The largest absolute Gasteiger partial charge is 0.418 e. The number of fused-ring (bicyclic) bond motifs is 1. The maximum atomic E-state index is 12.7. The predicted octanol–water partition coefficient (Wildman–Crippen LogP) is 4.74. The summed E-state index contributed by atoms with van der Waals surface area (Å²) in [5.74, 6) is 0. The number of aliphatic hydroxyl groups is 1. The molecule has 1 aliphatic carbocycles. The molecule has 0 saturated carbocycles. The second-order valence-electron chi connectivity index (χ2n) is 6.42. The fraction of sp³-hybridized carbons (Fsp3) is 0.368. The summed E-state index contributed by atoms with van der Waals surface area (Å²) in [7, 11) is 1.98. The first-order chi connectivity index (χ1) is 11.3. The summed E-state index contributed by atoms with van der Waals surface area (Å²) in [5, 5.41) is 9.45. The SMILES string of the molecule is CN1C=CCC(CC2=Cc3cc(C(O)C(F)(F)F)ccc3CC2)=C1. The minimum Gasteiger partial charge on any atom is -0.379 e. The molecule has 0 aromatic heterocycles. The Kier molecular flexibility index (Phi) is 4.54.